The van der Waals surface area contributed by atoms with Crippen LogP contribution >= 0.6 is 11.8 Å². The van der Waals surface area contributed by atoms with Gasteiger partial charge < -0.3 is 5.32 Å². The molecule has 1 aliphatic carbocycles. The van der Waals surface area contributed by atoms with Gasteiger partial charge in [-0.25, -0.2) is 9.78 Å². The fourth-order valence-corrected chi connectivity index (χ4v) is 2.73. The molecule has 0 aliphatic heterocycles. The number of urea groups is 1. The lowest BCUT2D eigenvalue weighted by molar-refractivity contribution is -0.119. The highest BCUT2D eigenvalue weighted by molar-refractivity contribution is 8.00. The number of carbonyl (C=O) groups is 2. The number of thioether (sulfide) groups is 1. The lowest BCUT2D eigenvalue weighted by atomic mass is 10.2. The lowest BCUT2D eigenvalue weighted by Crippen LogP contribution is -2.43. The van der Waals surface area contributed by atoms with E-state index in [-0.39, 0.29) is 11.9 Å². The first kappa shape index (κ1) is 17.2. The van der Waals surface area contributed by atoms with Crippen LogP contribution in [-0.2, 0) is 4.79 Å². The van der Waals surface area contributed by atoms with Crippen molar-refractivity contribution in [2.24, 2.45) is 0 Å². The fraction of sp³-hybridized carbons (Fsp3) is 0.294. The summed E-state index contributed by atoms with van der Waals surface area (Å²) in [7, 11) is 0. The Morgan fingerprint density at radius 3 is 2.76 bits per heavy atom. The summed E-state index contributed by atoms with van der Waals surface area (Å²) in [4.78, 5) is 27.9. The minimum absolute atomic E-state index is 0.211. The molecule has 1 aromatic heterocycles. The van der Waals surface area contributed by atoms with E-state index in [0.29, 0.717) is 11.0 Å². The molecule has 0 radical (unpaired) electrons. The normalized spacial score (nSPS) is 15.1. The number of aromatic nitrogens is 3. The number of benzene rings is 1. The average molecular weight is 357 g/mol. The summed E-state index contributed by atoms with van der Waals surface area (Å²) in [6, 6.07) is 9.62. The van der Waals surface area contributed by atoms with Gasteiger partial charge in [0.2, 0.25) is 11.1 Å². The number of nitrogens with zero attached hydrogens (tertiary/aromatic N) is 2. The van der Waals surface area contributed by atoms with Crippen LogP contribution in [-0.4, -0.2) is 38.4 Å². The number of hydrogen-bond acceptors (Lipinski definition) is 5. The SMILES string of the molecule is CC(Sc1n[nH]c(/C=C/c2ccccc2)n1)C(=O)NC(=O)NC1CC1. The maximum atomic E-state index is 12.0. The third kappa shape index (κ3) is 5.46. The van der Waals surface area contributed by atoms with Crippen molar-refractivity contribution in [2.75, 3.05) is 0 Å². The molecule has 2 aromatic rings. The third-order valence-corrected chi connectivity index (χ3v) is 4.48. The zero-order valence-corrected chi connectivity index (χ0v) is 14.5. The van der Waals surface area contributed by atoms with Crippen LogP contribution in [0.1, 0.15) is 31.2 Å². The van der Waals surface area contributed by atoms with Gasteiger partial charge in [0.15, 0.2) is 0 Å². The third-order valence-electron chi connectivity index (χ3n) is 3.52. The molecular formula is C17H19N5O2S. The highest BCUT2D eigenvalue weighted by Crippen LogP contribution is 2.20. The van der Waals surface area contributed by atoms with Crippen LogP contribution in [0.3, 0.4) is 0 Å². The summed E-state index contributed by atoms with van der Waals surface area (Å²) in [6.07, 6.45) is 5.69. The Hall–Kier alpha value is -2.61. The predicted molar refractivity (Wildman–Crippen MR) is 96.8 cm³/mol. The van der Waals surface area contributed by atoms with Crippen molar-refractivity contribution in [1.82, 2.24) is 25.8 Å². The number of hydrogen-bond donors (Lipinski definition) is 3. The van der Waals surface area contributed by atoms with Gasteiger partial charge in [0, 0.05) is 6.04 Å². The molecule has 130 valence electrons. The monoisotopic (exact) mass is 357 g/mol. The minimum atomic E-state index is -0.480. The Bertz CT molecular complexity index is 770. The van der Waals surface area contributed by atoms with E-state index in [1.54, 1.807) is 6.92 Å². The molecule has 0 spiro atoms. The van der Waals surface area contributed by atoms with E-state index in [4.69, 9.17) is 0 Å². The highest BCUT2D eigenvalue weighted by Gasteiger charge is 2.25. The number of rotatable bonds is 6. The summed E-state index contributed by atoms with van der Waals surface area (Å²) < 4.78 is 0. The molecular weight excluding hydrogens is 338 g/mol. The van der Waals surface area contributed by atoms with Crippen molar-refractivity contribution in [2.45, 2.75) is 36.2 Å². The van der Waals surface area contributed by atoms with E-state index in [1.807, 2.05) is 42.5 Å². The van der Waals surface area contributed by atoms with Crippen molar-refractivity contribution in [1.29, 1.82) is 0 Å². The zero-order valence-electron chi connectivity index (χ0n) is 13.7. The number of H-pyrrole nitrogens is 1. The number of carbonyl (C=O) groups excluding carboxylic acids is 2. The summed E-state index contributed by atoms with van der Waals surface area (Å²) in [5.41, 5.74) is 1.06. The average Bonchev–Trinajstić information content (AvgIpc) is 3.30. The molecule has 1 aromatic carbocycles. The molecule has 1 unspecified atom stereocenters. The van der Waals surface area contributed by atoms with E-state index >= 15 is 0 Å². The molecule has 0 saturated heterocycles. The van der Waals surface area contributed by atoms with E-state index < -0.39 is 11.3 Å². The topological polar surface area (TPSA) is 99.8 Å². The first-order chi connectivity index (χ1) is 12.1. The molecule has 3 N–H and O–H groups in total. The zero-order chi connectivity index (χ0) is 17.6. The van der Waals surface area contributed by atoms with Crippen LogP contribution in [0.25, 0.3) is 12.2 Å². The minimum Gasteiger partial charge on any atom is -0.335 e. The standard InChI is InChI=1S/C17H19N5O2S/c1-11(15(23)20-16(24)18-13-8-9-13)25-17-19-14(21-22-17)10-7-12-5-3-2-4-6-12/h2-7,10-11,13H,8-9H2,1H3,(H,19,21,22)(H2,18,20,23,24)/b10-7+. The quantitative estimate of drug-likeness (QED) is 0.690. The predicted octanol–water partition coefficient (Wildman–Crippen LogP) is 2.44. The lowest BCUT2D eigenvalue weighted by Gasteiger charge is -2.09. The molecule has 8 heteroatoms. The summed E-state index contributed by atoms with van der Waals surface area (Å²) in [5.74, 6) is 0.236. The van der Waals surface area contributed by atoms with Crippen LogP contribution < -0.4 is 10.6 Å². The van der Waals surface area contributed by atoms with E-state index in [9.17, 15) is 9.59 Å². The molecule has 25 heavy (non-hydrogen) atoms. The van der Waals surface area contributed by atoms with Crippen LogP contribution in [0.5, 0.6) is 0 Å². The molecule has 1 heterocycles. The van der Waals surface area contributed by atoms with Gasteiger partial charge >= 0.3 is 6.03 Å². The van der Waals surface area contributed by atoms with Crippen LogP contribution in [0, 0.1) is 0 Å². The molecule has 7 nitrogen and oxygen atoms in total. The van der Waals surface area contributed by atoms with Crippen molar-refractivity contribution >= 4 is 35.9 Å². The molecule has 1 fully saturated rings. The second-order valence-corrected chi connectivity index (χ2v) is 7.05. The van der Waals surface area contributed by atoms with Crippen LogP contribution in [0.2, 0.25) is 0 Å². The van der Waals surface area contributed by atoms with Gasteiger partial charge in [-0.15, -0.1) is 5.10 Å². The van der Waals surface area contributed by atoms with Gasteiger partial charge in [0.1, 0.15) is 5.82 Å². The number of amides is 3. The van der Waals surface area contributed by atoms with E-state index in [1.165, 1.54) is 11.8 Å². The van der Waals surface area contributed by atoms with Crippen molar-refractivity contribution in [3.05, 3.63) is 41.7 Å². The molecule has 1 atom stereocenters. The molecule has 0 bridgehead atoms. The Labute approximate surface area is 149 Å². The van der Waals surface area contributed by atoms with Gasteiger partial charge in [-0.3, -0.25) is 15.2 Å². The first-order valence-corrected chi connectivity index (χ1v) is 8.91. The second kappa shape index (κ2) is 7.98. The number of aromatic amines is 1. The second-order valence-electron chi connectivity index (χ2n) is 5.74. The number of nitrogens with one attached hydrogen (secondary N) is 3. The summed E-state index contributed by atoms with van der Waals surface area (Å²) >= 11 is 1.19. The van der Waals surface area contributed by atoms with Crippen molar-refractivity contribution in [3.8, 4) is 0 Å². The Balaban J connectivity index is 1.50. The Kier molecular flexibility index (Phi) is 5.49. The van der Waals surface area contributed by atoms with Gasteiger partial charge in [-0.2, -0.15) is 0 Å². The Morgan fingerprint density at radius 2 is 2.04 bits per heavy atom. The molecule has 1 aliphatic rings. The summed E-state index contributed by atoms with van der Waals surface area (Å²) in [5, 5.41) is 11.9. The highest BCUT2D eigenvalue weighted by atomic mass is 32.2. The van der Waals surface area contributed by atoms with Gasteiger partial charge in [-0.05, 0) is 31.4 Å². The van der Waals surface area contributed by atoms with Gasteiger partial charge in [0.05, 0.1) is 5.25 Å². The van der Waals surface area contributed by atoms with Crippen LogP contribution in [0.4, 0.5) is 4.79 Å². The van der Waals surface area contributed by atoms with Gasteiger partial charge in [0.25, 0.3) is 0 Å². The molecule has 3 rings (SSSR count). The number of imide groups is 1. The Morgan fingerprint density at radius 1 is 1.28 bits per heavy atom. The largest absolute Gasteiger partial charge is 0.335 e. The molecule has 3 amide bonds. The van der Waals surface area contributed by atoms with E-state index in [0.717, 1.165) is 18.4 Å². The maximum absolute atomic E-state index is 12.0. The van der Waals surface area contributed by atoms with Gasteiger partial charge in [-0.1, -0.05) is 48.2 Å². The first-order valence-electron chi connectivity index (χ1n) is 8.04. The smallest absolute Gasteiger partial charge is 0.321 e. The molecule has 1 saturated carbocycles. The van der Waals surface area contributed by atoms with E-state index in [2.05, 4.69) is 25.8 Å². The summed E-state index contributed by atoms with van der Waals surface area (Å²) in [6.45, 7) is 1.71. The van der Waals surface area contributed by atoms with Crippen molar-refractivity contribution in [3.63, 3.8) is 0 Å². The van der Waals surface area contributed by atoms with Crippen molar-refractivity contribution < 1.29 is 9.59 Å². The van der Waals surface area contributed by atoms with Crippen LogP contribution in [0.15, 0.2) is 35.5 Å². The fourth-order valence-electron chi connectivity index (χ4n) is 2.00. The maximum Gasteiger partial charge on any atom is 0.321 e.